The lowest BCUT2D eigenvalue weighted by atomic mass is 10.1. The number of ether oxygens (including phenoxy) is 1. The molecule has 0 spiro atoms. The van der Waals surface area contributed by atoms with Gasteiger partial charge in [0.2, 0.25) is 0 Å². The van der Waals surface area contributed by atoms with Gasteiger partial charge < -0.3 is 4.74 Å². The number of nitrogens with zero attached hydrogens (tertiary/aromatic N) is 1. The van der Waals surface area contributed by atoms with Gasteiger partial charge in [0.25, 0.3) is 0 Å². The van der Waals surface area contributed by atoms with Gasteiger partial charge in [-0.05, 0) is 19.5 Å². The molecule has 0 aliphatic rings. The molecule has 1 aromatic carbocycles. The van der Waals surface area contributed by atoms with E-state index in [1.54, 1.807) is 7.11 Å². The maximum absolute atomic E-state index is 11.5. The number of ketones is 1. The van der Waals surface area contributed by atoms with Crippen molar-refractivity contribution in [2.75, 3.05) is 20.7 Å². The molecule has 0 heterocycles. The Balaban J connectivity index is 2.55. The summed E-state index contributed by atoms with van der Waals surface area (Å²) in [4.78, 5) is 13.5. The maximum Gasteiger partial charge on any atom is 0.146 e. The van der Waals surface area contributed by atoms with Crippen LogP contribution in [0.25, 0.3) is 0 Å². The molecule has 0 aliphatic carbocycles. The van der Waals surface area contributed by atoms with Crippen molar-refractivity contribution < 1.29 is 9.53 Å². The SMILES string of the molecule is CCCC(=O)CN(C)Cc1ccccc1OC. The summed E-state index contributed by atoms with van der Waals surface area (Å²) < 4.78 is 5.29. The Bertz CT molecular complexity index is 363. The van der Waals surface area contributed by atoms with Crippen LogP contribution >= 0.6 is 0 Å². The minimum Gasteiger partial charge on any atom is -0.496 e. The Kier molecular flexibility index (Phi) is 5.70. The number of carbonyl (C=O) groups excluding carboxylic acids is 1. The molecule has 94 valence electrons. The normalized spacial score (nSPS) is 10.6. The quantitative estimate of drug-likeness (QED) is 0.727. The minimum atomic E-state index is 0.296. The number of likely N-dealkylation sites (N-methyl/N-ethyl adjacent to an activating group) is 1. The molecular formula is C14H21NO2. The Hall–Kier alpha value is -1.35. The Morgan fingerprint density at radius 2 is 2.06 bits per heavy atom. The molecule has 3 nitrogen and oxygen atoms in total. The number of carbonyl (C=O) groups is 1. The molecule has 0 aromatic heterocycles. The number of methoxy groups -OCH3 is 1. The predicted molar refractivity (Wildman–Crippen MR) is 69.2 cm³/mol. The van der Waals surface area contributed by atoms with E-state index in [2.05, 4.69) is 0 Å². The molecule has 0 amide bonds. The summed E-state index contributed by atoms with van der Waals surface area (Å²) in [6.45, 7) is 3.27. The van der Waals surface area contributed by atoms with E-state index < -0.39 is 0 Å². The predicted octanol–water partition coefficient (Wildman–Crippen LogP) is 2.50. The van der Waals surface area contributed by atoms with Crippen LogP contribution in [0.2, 0.25) is 0 Å². The second kappa shape index (κ2) is 7.07. The van der Waals surface area contributed by atoms with Gasteiger partial charge >= 0.3 is 0 Å². The Labute approximate surface area is 103 Å². The molecule has 0 unspecified atom stereocenters. The van der Waals surface area contributed by atoms with Crippen LogP contribution in [0.15, 0.2) is 24.3 Å². The van der Waals surface area contributed by atoms with Crippen LogP contribution in [-0.4, -0.2) is 31.4 Å². The van der Waals surface area contributed by atoms with E-state index in [0.29, 0.717) is 18.7 Å². The van der Waals surface area contributed by atoms with Crippen molar-refractivity contribution in [3.8, 4) is 5.75 Å². The molecule has 1 aromatic rings. The van der Waals surface area contributed by atoms with Crippen LogP contribution in [0.4, 0.5) is 0 Å². The van der Waals surface area contributed by atoms with Crippen LogP contribution in [-0.2, 0) is 11.3 Å². The highest BCUT2D eigenvalue weighted by atomic mass is 16.5. The van der Waals surface area contributed by atoms with Gasteiger partial charge in [-0.1, -0.05) is 25.1 Å². The van der Waals surface area contributed by atoms with E-state index in [4.69, 9.17) is 4.74 Å². The van der Waals surface area contributed by atoms with Gasteiger partial charge in [-0.25, -0.2) is 0 Å². The van der Waals surface area contributed by atoms with Gasteiger partial charge in [0.1, 0.15) is 11.5 Å². The molecule has 0 aliphatic heterocycles. The summed E-state index contributed by atoms with van der Waals surface area (Å²) in [6.07, 6.45) is 1.58. The molecule has 3 heteroatoms. The molecule has 0 bridgehead atoms. The Morgan fingerprint density at radius 3 is 2.71 bits per heavy atom. The Morgan fingerprint density at radius 1 is 1.35 bits per heavy atom. The molecule has 0 saturated heterocycles. The average molecular weight is 235 g/mol. The van der Waals surface area contributed by atoms with E-state index in [1.165, 1.54) is 0 Å². The molecule has 0 saturated carbocycles. The van der Waals surface area contributed by atoms with Crippen molar-refractivity contribution >= 4 is 5.78 Å². The first kappa shape index (κ1) is 13.7. The van der Waals surface area contributed by atoms with Gasteiger partial charge in [-0.2, -0.15) is 0 Å². The van der Waals surface area contributed by atoms with Crippen molar-refractivity contribution in [1.82, 2.24) is 4.90 Å². The third-order valence-electron chi connectivity index (χ3n) is 2.61. The molecule has 0 fully saturated rings. The summed E-state index contributed by atoms with van der Waals surface area (Å²) in [5, 5.41) is 0. The summed E-state index contributed by atoms with van der Waals surface area (Å²) in [5.41, 5.74) is 1.11. The fourth-order valence-electron chi connectivity index (χ4n) is 1.84. The average Bonchev–Trinajstić information content (AvgIpc) is 2.29. The lowest BCUT2D eigenvalue weighted by Gasteiger charge is -2.17. The standard InChI is InChI=1S/C14H21NO2/c1-4-7-13(16)11-15(2)10-12-8-5-6-9-14(12)17-3/h5-6,8-9H,4,7,10-11H2,1-3H3. The third kappa shape index (κ3) is 4.57. The lowest BCUT2D eigenvalue weighted by molar-refractivity contribution is -0.120. The topological polar surface area (TPSA) is 29.5 Å². The van der Waals surface area contributed by atoms with E-state index in [1.807, 2.05) is 43.1 Å². The van der Waals surface area contributed by atoms with Crippen LogP contribution in [0.1, 0.15) is 25.3 Å². The van der Waals surface area contributed by atoms with Gasteiger partial charge in [0.05, 0.1) is 13.7 Å². The maximum atomic E-state index is 11.5. The summed E-state index contributed by atoms with van der Waals surface area (Å²) in [5.74, 6) is 1.17. The van der Waals surface area contributed by atoms with E-state index in [9.17, 15) is 4.79 Å². The van der Waals surface area contributed by atoms with Gasteiger partial charge in [0.15, 0.2) is 0 Å². The van der Waals surface area contributed by atoms with Crippen molar-refractivity contribution in [2.24, 2.45) is 0 Å². The molecule has 17 heavy (non-hydrogen) atoms. The molecule has 1 rings (SSSR count). The van der Waals surface area contributed by atoms with Crippen molar-refractivity contribution in [3.05, 3.63) is 29.8 Å². The summed E-state index contributed by atoms with van der Waals surface area (Å²) >= 11 is 0. The number of para-hydroxylation sites is 1. The highest BCUT2D eigenvalue weighted by Gasteiger charge is 2.08. The van der Waals surface area contributed by atoms with Crippen LogP contribution in [0, 0.1) is 0 Å². The summed E-state index contributed by atoms with van der Waals surface area (Å²) in [6, 6.07) is 7.90. The largest absolute Gasteiger partial charge is 0.496 e. The number of rotatable bonds is 7. The van der Waals surface area contributed by atoms with Gasteiger partial charge in [0, 0.05) is 18.5 Å². The number of hydrogen-bond acceptors (Lipinski definition) is 3. The number of benzene rings is 1. The first-order valence-electron chi connectivity index (χ1n) is 5.99. The van der Waals surface area contributed by atoms with Crippen molar-refractivity contribution in [1.29, 1.82) is 0 Å². The van der Waals surface area contributed by atoms with Crippen molar-refractivity contribution in [2.45, 2.75) is 26.3 Å². The van der Waals surface area contributed by atoms with Crippen molar-refractivity contribution in [3.63, 3.8) is 0 Å². The van der Waals surface area contributed by atoms with Crippen LogP contribution in [0.3, 0.4) is 0 Å². The molecule has 0 atom stereocenters. The van der Waals surface area contributed by atoms with Crippen LogP contribution in [0.5, 0.6) is 5.75 Å². The zero-order chi connectivity index (χ0) is 12.7. The lowest BCUT2D eigenvalue weighted by Crippen LogP contribution is -2.25. The van der Waals surface area contributed by atoms with Gasteiger partial charge in [-0.15, -0.1) is 0 Å². The fraction of sp³-hybridized carbons (Fsp3) is 0.500. The highest BCUT2D eigenvalue weighted by Crippen LogP contribution is 2.18. The molecule has 0 radical (unpaired) electrons. The van der Waals surface area contributed by atoms with E-state index in [-0.39, 0.29) is 0 Å². The molecular weight excluding hydrogens is 214 g/mol. The number of hydrogen-bond donors (Lipinski definition) is 0. The third-order valence-corrected chi connectivity index (χ3v) is 2.61. The zero-order valence-corrected chi connectivity index (χ0v) is 10.9. The molecule has 0 N–H and O–H groups in total. The summed E-state index contributed by atoms with van der Waals surface area (Å²) in [7, 11) is 3.63. The fourth-order valence-corrected chi connectivity index (χ4v) is 1.84. The first-order valence-corrected chi connectivity index (χ1v) is 5.99. The van der Waals surface area contributed by atoms with E-state index in [0.717, 1.165) is 24.3 Å². The smallest absolute Gasteiger partial charge is 0.146 e. The van der Waals surface area contributed by atoms with Gasteiger partial charge in [-0.3, -0.25) is 9.69 Å². The first-order chi connectivity index (χ1) is 8.17. The monoisotopic (exact) mass is 235 g/mol. The van der Waals surface area contributed by atoms with Crippen LogP contribution < -0.4 is 4.74 Å². The number of Topliss-reactive ketones (excluding diaryl/α,β-unsaturated/α-hetero) is 1. The zero-order valence-electron chi connectivity index (χ0n) is 10.9. The highest BCUT2D eigenvalue weighted by molar-refractivity contribution is 5.80. The second-order valence-electron chi connectivity index (χ2n) is 4.27. The minimum absolute atomic E-state index is 0.296. The van der Waals surface area contributed by atoms with E-state index >= 15 is 0 Å². The second-order valence-corrected chi connectivity index (χ2v) is 4.27.